The number of hydrogen-bond donors (Lipinski definition) is 1. The van der Waals surface area contributed by atoms with Gasteiger partial charge in [0.05, 0.1) is 24.7 Å². The lowest BCUT2D eigenvalue weighted by molar-refractivity contribution is -0.122. The normalized spacial score (nSPS) is 12.2. The van der Waals surface area contributed by atoms with E-state index in [-0.39, 0.29) is 5.91 Å². The summed E-state index contributed by atoms with van der Waals surface area (Å²) in [5, 5.41) is 3.17. The zero-order chi connectivity index (χ0) is 20.2. The van der Waals surface area contributed by atoms with Crippen LogP contribution >= 0.6 is 11.6 Å². The first kappa shape index (κ1) is 20.9. The number of hydrogen-bond acceptors (Lipinski definition) is 5. The fourth-order valence-corrected chi connectivity index (χ4v) is 2.87. The first-order valence-electron chi connectivity index (χ1n) is 7.97. The molecule has 0 radical (unpaired) electrons. The summed E-state index contributed by atoms with van der Waals surface area (Å²) < 4.78 is 35.1. The Bertz CT molecular complexity index is 916. The summed E-state index contributed by atoms with van der Waals surface area (Å²) in [6, 6.07) is 11.3. The number of carbonyl (C=O) groups excluding carboxylic acids is 1. The van der Waals surface area contributed by atoms with Gasteiger partial charge in [0.25, 0.3) is 5.91 Å². The molecule has 0 saturated heterocycles. The van der Waals surface area contributed by atoms with E-state index in [4.69, 9.17) is 21.1 Å². The second-order valence-corrected chi connectivity index (χ2v) is 8.27. The number of nitrogens with zero attached hydrogens (tertiary/aromatic N) is 1. The minimum absolute atomic E-state index is 0.382. The van der Waals surface area contributed by atoms with Gasteiger partial charge in [-0.25, -0.2) is 8.42 Å². The van der Waals surface area contributed by atoms with Crippen molar-refractivity contribution in [3.8, 4) is 11.5 Å². The van der Waals surface area contributed by atoms with Gasteiger partial charge in [-0.05, 0) is 49.4 Å². The minimum Gasteiger partial charge on any atom is -0.495 e. The maximum atomic E-state index is 12.4. The quantitative estimate of drug-likeness (QED) is 0.755. The van der Waals surface area contributed by atoms with Gasteiger partial charge in [-0.2, -0.15) is 0 Å². The van der Waals surface area contributed by atoms with E-state index in [0.29, 0.717) is 27.9 Å². The smallest absolute Gasteiger partial charge is 0.265 e. The number of ether oxygens (including phenoxy) is 2. The standard InChI is InChI=1S/C18H21ClN2O5S/c1-12(18(22)20-16-11-13(19)5-10-17(16)25-3)26-15-8-6-14(7-9-15)21(2)27(4,23)24/h5-12H,1-4H3,(H,20,22). The predicted octanol–water partition coefficient (Wildman–Crippen LogP) is 3.15. The molecule has 0 spiro atoms. The van der Waals surface area contributed by atoms with Gasteiger partial charge in [-0.3, -0.25) is 9.10 Å². The number of amides is 1. The Morgan fingerprint density at radius 1 is 1.19 bits per heavy atom. The van der Waals surface area contributed by atoms with Crippen LogP contribution < -0.4 is 19.1 Å². The number of sulfonamides is 1. The zero-order valence-corrected chi connectivity index (χ0v) is 17.0. The van der Waals surface area contributed by atoms with Crippen LogP contribution in [0.25, 0.3) is 0 Å². The molecule has 0 aliphatic heterocycles. The third-order valence-electron chi connectivity index (χ3n) is 3.80. The SMILES string of the molecule is COc1ccc(Cl)cc1NC(=O)C(C)Oc1ccc(N(C)S(C)(=O)=O)cc1. The van der Waals surface area contributed by atoms with Crippen molar-refractivity contribution in [1.82, 2.24) is 0 Å². The van der Waals surface area contributed by atoms with Crippen LogP contribution in [-0.2, 0) is 14.8 Å². The van der Waals surface area contributed by atoms with E-state index in [1.54, 1.807) is 49.4 Å². The molecule has 146 valence electrons. The Morgan fingerprint density at radius 3 is 2.37 bits per heavy atom. The number of carbonyl (C=O) groups is 1. The fourth-order valence-electron chi connectivity index (χ4n) is 2.20. The summed E-state index contributed by atoms with van der Waals surface area (Å²) in [6.45, 7) is 1.60. The molecule has 0 bridgehead atoms. The van der Waals surface area contributed by atoms with Crippen molar-refractivity contribution in [2.24, 2.45) is 0 Å². The molecule has 2 aromatic carbocycles. The first-order valence-corrected chi connectivity index (χ1v) is 10.2. The summed E-state index contributed by atoms with van der Waals surface area (Å²) in [7, 11) is -0.392. The summed E-state index contributed by atoms with van der Waals surface area (Å²) in [6.07, 6.45) is 0.320. The van der Waals surface area contributed by atoms with Gasteiger partial charge >= 0.3 is 0 Å². The molecule has 0 aliphatic rings. The van der Waals surface area contributed by atoms with E-state index in [0.717, 1.165) is 10.6 Å². The monoisotopic (exact) mass is 412 g/mol. The second-order valence-electron chi connectivity index (χ2n) is 5.82. The Labute approximate surface area is 163 Å². The molecular formula is C18H21ClN2O5S. The molecule has 27 heavy (non-hydrogen) atoms. The van der Waals surface area contributed by atoms with Crippen molar-refractivity contribution in [2.45, 2.75) is 13.0 Å². The maximum absolute atomic E-state index is 12.4. The van der Waals surface area contributed by atoms with Crippen LogP contribution in [0.5, 0.6) is 11.5 Å². The topological polar surface area (TPSA) is 84.9 Å². The molecule has 0 heterocycles. The van der Waals surface area contributed by atoms with Crippen LogP contribution in [0.4, 0.5) is 11.4 Å². The van der Waals surface area contributed by atoms with Crippen molar-refractivity contribution in [3.05, 3.63) is 47.5 Å². The summed E-state index contributed by atoms with van der Waals surface area (Å²) in [5.41, 5.74) is 0.932. The van der Waals surface area contributed by atoms with E-state index in [2.05, 4.69) is 5.32 Å². The number of nitrogens with one attached hydrogen (secondary N) is 1. The Hall–Kier alpha value is -2.45. The van der Waals surface area contributed by atoms with Crippen LogP contribution in [0.3, 0.4) is 0 Å². The van der Waals surface area contributed by atoms with Gasteiger partial charge in [0.2, 0.25) is 10.0 Å². The van der Waals surface area contributed by atoms with Gasteiger partial charge < -0.3 is 14.8 Å². The largest absolute Gasteiger partial charge is 0.495 e. The van der Waals surface area contributed by atoms with Crippen molar-refractivity contribution >= 4 is 38.9 Å². The number of benzene rings is 2. The van der Waals surface area contributed by atoms with Gasteiger partial charge in [-0.15, -0.1) is 0 Å². The second kappa shape index (κ2) is 8.49. The van der Waals surface area contributed by atoms with Crippen molar-refractivity contribution in [3.63, 3.8) is 0 Å². The highest BCUT2D eigenvalue weighted by atomic mass is 35.5. The lowest BCUT2D eigenvalue weighted by atomic mass is 10.2. The molecule has 1 unspecified atom stereocenters. The van der Waals surface area contributed by atoms with Crippen molar-refractivity contribution < 1.29 is 22.7 Å². The van der Waals surface area contributed by atoms with E-state index in [1.807, 2.05) is 0 Å². The molecule has 1 atom stereocenters. The first-order chi connectivity index (χ1) is 12.6. The molecule has 1 N–H and O–H groups in total. The van der Waals surface area contributed by atoms with E-state index < -0.39 is 16.1 Å². The van der Waals surface area contributed by atoms with E-state index >= 15 is 0 Å². The van der Waals surface area contributed by atoms with Crippen LogP contribution in [0, 0.1) is 0 Å². The van der Waals surface area contributed by atoms with Crippen molar-refractivity contribution in [2.75, 3.05) is 30.0 Å². The van der Waals surface area contributed by atoms with Gasteiger partial charge in [0.1, 0.15) is 11.5 Å². The van der Waals surface area contributed by atoms with Crippen LogP contribution in [0.2, 0.25) is 5.02 Å². The van der Waals surface area contributed by atoms with Crippen LogP contribution in [0.1, 0.15) is 6.92 Å². The average molecular weight is 413 g/mol. The van der Waals surface area contributed by atoms with E-state index in [9.17, 15) is 13.2 Å². The maximum Gasteiger partial charge on any atom is 0.265 e. The third-order valence-corrected chi connectivity index (χ3v) is 5.24. The Morgan fingerprint density at radius 2 is 1.81 bits per heavy atom. The molecular weight excluding hydrogens is 392 g/mol. The number of rotatable bonds is 7. The Kier molecular flexibility index (Phi) is 6.56. The minimum atomic E-state index is -3.34. The Balaban J connectivity index is 2.05. The number of halogens is 1. The van der Waals surface area contributed by atoms with Gasteiger partial charge in [0, 0.05) is 12.1 Å². The van der Waals surface area contributed by atoms with Gasteiger partial charge in [0.15, 0.2) is 6.10 Å². The van der Waals surface area contributed by atoms with Gasteiger partial charge in [-0.1, -0.05) is 11.6 Å². The highest BCUT2D eigenvalue weighted by molar-refractivity contribution is 7.92. The van der Waals surface area contributed by atoms with Crippen LogP contribution in [0.15, 0.2) is 42.5 Å². The molecule has 0 aromatic heterocycles. The number of anilines is 2. The molecule has 0 aliphatic carbocycles. The number of methoxy groups -OCH3 is 1. The zero-order valence-electron chi connectivity index (χ0n) is 15.4. The molecule has 7 nitrogen and oxygen atoms in total. The van der Waals surface area contributed by atoms with E-state index in [1.165, 1.54) is 14.2 Å². The molecule has 0 saturated carbocycles. The van der Waals surface area contributed by atoms with Crippen LogP contribution in [-0.4, -0.2) is 40.8 Å². The summed E-state index contributed by atoms with van der Waals surface area (Å²) >= 11 is 5.95. The highest BCUT2D eigenvalue weighted by Crippen LogP contribution is 2.28. The molecule has 2 aromatic rings. The third kappa shape index (κ3) is 5.51. The summed E-state index contributed by atoms with van der Waals surface area (Å²) in [5.74, 6) is 0.530. The fraction of sp³-hybridized carbons (Fsp3) is 0.278. The predicted molar refractivity (Wildman–Crippen MR) is 106 cm³/mol. The lowest BCUT2D eigenvalue weighted by Gasteiger charge is -2.18. The molecule has 2 rings (SSSR count). The molecule has 0 fully saturated rings. The average Bonchev–Trinajstić information content (AvgIpc) is 2.61. The highest BCUT2D eigenvalue weighted by Gasteiger charge is 2.18. The van der Waals surface area contributed by atoms with Crippen molar-refractivity contribution in [1.29, 1.82) is 0 Å². The lowest BCUT2D eigenvalue weighted by Crippen LogP contribution is -2.30. The molecule has 1 amide bonds. The molecule has 9 heteroatoms. The summed E-state index contributed by atoms with van der Waals surface area (Å²) in [4.78, 5) is 12.4.